The van der Waals surface area contributed by atoms with E-state index in [2.05, 4.69) is 40.8 Å². The van der Waals surface area contributed by atoms with Crippen LogP contribution in [0, 0.1) is 23.3 Å². The van der Waals surface area contributed by atoms with Crippen LogP contribution in [0.3, 0.4) is 0 Å². The summed E-state index contributed by atoms with van der Waals surface area (Å²) in [7, 11) is 3.55. The highest BCUT2D eigenvalue weighted by molar-refractivity contribution is 6.22. The summed E-state index contributed by atoms with van der Waals surface area (Å²) in [5, 5.41) is 15.0. The van der Waals surface area contributed by atoms with Crippen molar-refractivity contribution >= 4 is 34.4 Å². The molecule has 0 bridgehead atoms. The van der Waals surface area contributed by atoms with Crippen LogP contribution in [0.15, 0.2) is 95.4 Å². The van der Waals surface area contributed by atoms with E-state index in [9.17, 15) is 27.2 Å². The van der Waals surface area contributed by atoms with Gasteiger partial charge in [-0.25, -0.2) is 27.5 Å². The minimum Gasteiger partial charge on any atom is -0.376 e. The van der Waals surface area contributed by atoms with Crippen molar-refractivity contribution in [2.45, 2.75) is 23.9 Å². The summed E-state index contributed by atoms with van der Waals surface area (Å²) < 4.78 is 58.6. The predicted octanol–water partition coefficient (Wildman–Crippen LogP) is 6.06. The molecule has 0 aliphatic carbocycles. The van der Waals surface area contributed by atoms with Gasteiger partial charge in [0.25, 0.3) is 0 Å². The highest BCUT2D eigenvalue weighted by Gasteiger charge is 2.43. The molecule has 0 unspecified atom stereocenters. The van der Waals surface area contributed by atoms with Gasteiger partial charge in [-0.15, -0.1) is 0 Å². The van der Waals surface area contributed by atoms with Gasteiger partial charge in [-0.3, -0.25) is 28.9 Å². The number of rotatable bonds is 4. The number of benzene rings is 4. The molecule has 0 saturated carbocycles. The van der Waals surface area contributed by atoms with Gasteiger partial charge in [0.2, 0.25) is 0 Å². The van der Waals surface area contributed by atoms with Crippen molar-refractivity contribution in [3.63, 3.8) is 0 Å². The molecule has 0 fully saturated rings. The molecule has 4 aromatic carbocycles. The minimum absolute atomic E-state index is 0.0459. The average Bonchev–Trinajstić information content (AvgIpc) is 3.81. The number of ketones is 2. The Bertz CT molecular complexity index is 2450. The summed E-state index contributed by atoms with van der Waals surface area (Å²) in [5.74, 6) is -1.57. The molecule has 6 heterocycles. The number of hydrogen-bond acceptors (Lipinski definition) is 10. The highest BCUT2D eigenvalue weighted by atomic mass is 19.1. The van der Waals surface area contributed by atoms with Gasteiger partial charge >= 0.3 is 0 Å². The zero-order chi connectivity index (χ0) is 38.8. The number of aryl methyl sites for hydroxylation is 2. The molecule has 0 saturated heterocycles. The summed E-state index contributed by atoms with van der Waals surface area (Å²) in [4.78, 5) is 42.5. The SMILES string of the molecule is Cn1ncnc1[C@@H]1C2=NCC(=O)c3cc(F)cc(c32)N[C@H]1c1ccc(F)cc1.Cn1ncnc1[C@H]1C2=NCC(=O)c3cc(F)cc(c32)N[C@@H]1c1ccc(F)cc1. The van der Waals surface area contributed by atoms with Crippen molar-refractivity contribution < 1.29 is 27.2 Å². The molecule has 0 spiro atoms. The van der Waals surface area contributed by atoms with Crippen LogP contribution in [0.4, 0.5) is 28.9 Å². The monoisotopic (exact) mass is 758 g/mol. The Morgan fingerprint density at radius 1 is 0.571 bits per heavy atom. The van der Waals surface area contributed by atoms with E-state index in [4.69, 9.17) is 0 Å². The fourth-order valence-corrected chi connectivity index (χ4v) is 8.01. The maximum Gasteiger partial charge on any atom is 0.185 e. The number of carbonyl (C=O) groups is 2. The van der Waals surface area contributed by atoms with E-state index in [1.54, 1.807) is 47.7 Å². The van der Waals surface area contributed by atoms with Crippen molar-refractivity contribution in [3.05, 3.63) is 154 Å². The molecule has 4 aliphatic rings. The second kappa shape index (κ2) is 13.5. The quantitative estimate of drug-likeness (QED) is 0.207. The van der Waals surface area contributed by atoms with Crippen LogP contribution in [0.25, 0.3) is 0 Å². The van der Waals surface area contributed by atoms with Gasteiger partial charge < -0.3 is 10.6 Å². The Kier molecular flexibility index (Phi) is 8.40. The first-order chi connectivity index (χ1) is 27.0. The Morgan fingerprint density at radius 3 is 1.32 bits per heavy atom. The molecule has 56 heavy (non-hydrogen) atoms. The maximum absolute atomic E-state index is 14.2. The topological polar surface area (TPSA) is 144 Å². The molecule has 6 aromatic rings. The van der Waals surface area contributed by atoms with E-state index >= 15 is 0 Å². The third kappa shape index (κ3) is 5.84. The van der Waals surface area contributed by atoms with E-state index in [-0.39, 0.29) is 60.2 Å². The summed E-state index contributed by atoms with van der Waals surface area (Å²) in [6.45, 7) is -0.0918. The zero-order valence-corrected chi connectivity index (χ0v) is 29.7. The maximum atomic E-state index is 14.2. The molecule has 0 radical (unpaired) electrons. The van der Waals surface area contributed by atoms with Crippen LogP contribution < -0.4 is 10.6 Å². The smallest absolute Gasteiger partial charge is 0.185 e. The van der Waals surface area contributed by atoms with Crippen molar-refractivity contribution in [2.24, 2.45) is 24.1 Å². The van der Waals surface area contributed by atoms with Crippen molar-refractivity contribution in [1.82, 2.24) is 29.5 Å². The van der Waals surface area contributed by atoms with Crippen LogP contribution in [-0.2, 0) is 14.1 Å². The summed E-state index contributed by atoms with van der Waals surface area (Å²) in [6.07, 6.45) is 2.90. The van der Waals surface area contributed by atoms with Crippen LogP contribution in [0.5, 0.6) is 0 Å². The fraction of sp³-hybridized carbons (Fsp3) is 0.200. The standard InChI is InChI=1S/2C20H15F2N5O/c2*1-27-20(24-9-25-27)17-18(10-2-4-11(21)5-3-10)26-14-7-12(22)6-13-15(28)8-23-19(17)16(13)14/h2*2-7,9,17-18,26H,8H2,1H3/t2*17-,18-/m10/s1. The van der Waals surface area contributed by atoms with Crippen molar-refractivity contribution in [1.29, 1.82) is 0 Å². The van der Waals surface area contributed by atoms with Crippen LogP contribution in [0.1, 0.15) is 78.5 Å². The first-order valence-corrected chi connectivity index (χ1v) is 17.6. The number of carbonyl (C=O) groups excluding carboxylic acids is 2. The second-order valence-corrected chi connectivity index (χ2v) is 13.8. The number of aliphatic imine (C=N–C) groups is 2. The van der Waals surface area contributed by atoms with E-state index in [1.165, 1.54) is 61.2 Å². The second-order valence-electron chi connectivity index (χ2n) is 13.8. The summed E-state index contributed by atoms with van der Waals surface area (Å²) in [6, 6.07) is 16.7. The molecule has 280 valence electrons. The van der Waals surface area contributed by atoms with E-state index in [0.717, 1.165) is 11.1 Å². The normalized spacial score (nSPS) is 20.4. The first kappa shape index (κ1) is 34.9. The first-order valence-electron chi connectivity index (χ1n) is 17.6. The third-order valence-electron chi connectivity index (χ3n) is 10.5. The fourth-order valence-electron chi connectivity index (χ4n) is 8.01. The van der Waals surface area contributed by atoms with Gasteiger partial charge in [0, 0.05) is 47.7 Å². The van der Waals surface area contributed by atoms with Gasteiger partial charge in [-0.05, 0) is 59.7 Å². The molecule has 4 atom stereocenters. The Labute approximate surface area is 316 Å². The number of halogens is 4. The summed E-state index contributed by atoms with van der Waals surface area (Å²) in [5.41, 5.74) is 5.74. The molecular weight excluding hydrogens is 728 g/mol. The van der Waals surface area contributed by atoms with E-state index < -0.39 is 11.6 Å². The lowest BCUT2D eigenvalue weighted by molar-refractivity contribution is 0.0991. The summed E-state index contributed by atoms with van der Waals surface area (Å²) >= 11 is 0. The largest absolute Gasteiger partial charge is 0.376 e. The van der Waals surface area contributed by atoms with Gasteiger partial charge in [0.05, 0.1) is 35.3 Å². The van der Waals surface area contributed by atoms with Crippen LogP contribution in [0.2, 0.25) is 0 Å². The lowest BCUT2D eigenvalue weighted by Crippen LogP contribution is -2.37. The molecule has 12 nitrogen and oxygen atoms in total. The Hall–Kier alpha value is -6.84. The van der Waals surface area contributed by atoms with Crippen LogP contribution >= 0.6 is 0 Å². The molecule has 10 rings (SSSR count). The Balaban J connectivity index is 0.000000146. The lowest BCUT2D eigenvalue weighted by Gasteiger charge is -2.37. The number of Topliss-reactive ketones (excluding diaryl/α,β-unsaturated/α-hetero) is 2. The van der Waals surface area contributed by atoms with E-state index in [1.807, 2.05) is 0 Å². The molecule has 0 amide bonds. The van der Waals surface area contributed by atoms with Crippen molar-refractivity contribution in [2.75, 3.05) is 23.7 Å². The van der Waals surface area contributed by atoms with Gasteiger partial charge in [-0.1, -0.05) is 24.3 Å². The van der Waals surface area contributed by atoms with Crippen LogP contribution in [-0.4, -0.2) is 65.6 Å². The molecule has 16 heteroatoms. The number of nitrogens with zero attached hydrogens (tertiary/aromatic N) is 8. The number of aromatic nitrogens is 6. The third-order valence-corrected chi connectivity index (χ3v) is 10.5. The van der Waals surface area contributed by atoms with Crippen molar-refractivity contribution in [3.8, 4) is 0 Å². The lowest BCUT2D eigenvalue weighted by atomic mass is 9.78. The van der Waals surface area contributed by atoms with Gasteiger partial charge in [-0.2, -0.15) is 10.2 Å². The minimum atomic E-state index is -0.495. The molecule has 2 aromatic heterocycles. The predicted molar refractivity (Wildman–Crippen MR) is 197 cm³/mol. The average molecular weight is 759 g/mol. The molecule has 2 N–H and O–H groups in total. The molecule has 4 aliphatic heterocycles. The highest BCUT2D eigenvalue weighted by Crippen LogP contribution is 2.46. The number of hydrogen-bond donors (Lipinski definition) is 2. The number of anilines is 2. The van der Waals surface area contributed by atoms with Gasteiger partial charge in [0.15, 0.2) is 11.6 Å². The number of nitrogens with one attached hydrogen (secondary N) is 2. The molecular formula is C40H30F4N10O2. The van der Waals surface area contributed by atoms with Gasteiger partial charge in [0.1, 0.15) is 60.7 Å². The van der Waals surface area contributed by atoms with E-state index in [0.29, 0.717) is 56.7 Å². The Morgan fingerprint density at radius 2 is 0.964 bits per heavy atom. The zero-order valence-electron chi connectivity index (χ0n) is 29.7.